The molecule has 118 valence electrons. The summed E-state index contributed by atoms with van der Waals surface area (Å²) in [5.74, 6) is 1.72. The Kier molecular flexibility index (Phi) is 8.67. The van der Waals surface area contributed by atoms with Crippen LogP contribution in [0.4, 0.5) is 0 Å². The average molecular weight is 282 g/mol. The first-order valence-electron chi connectivity index (χ1n) is 8.42. The number of aliphatic imine (C=N–C) groups is 1. The minimum Gasteiger partial charge on any atom is -0.357 e. The standard InChI is InChI=1S/C16H34N4/c1-5-11-20-12-8-15(9-13-20)19-16(17-6-2)18-10-7-14(3)4/h14-15H,5-13H2,1-4H3,(H2,17,18,19). The monoisotopic (exact) mass is 282 g/mol. The lowest BCUT2D eigenvalue weighted by atomic mass is 10.1. The van der Waals surface area contributed by atoms with Gasteiger partial charge in [0, 0.05) is 32.2 Å². The molecule has 0 aliphatic carbocycles. The van der Waals surface area contributed by atoms with Gasteiger partial charge in [0.1, 0.15) is 0 Å². The van der Waals surface area contributed by atoms with E-state index in [0.717, 1.165) is 31.4 Å². The normalized spacial score (nSPS) is 18.6. The molecule has 0 spiro atoms. The number of nitrogens with one attached hydrogen (secondary N) is 2. The van der Waals surface area contributed by atoms with E-state index in [1.807, 2.05) is 0 Å². The minimum atomic E-state index is 0.583. The largest absolute Gasteiger partial charge is 0.357 e. The summed E-state index contributed by atoms with van der Waals surface area (Å²) in [5.41, 5.74) is 0. The van der Waals surface area contributed by atoms with Gasteiger partial charge in [0.25, 0.3) is 0 Å². The van der Waals surface area contributed by atoms with E-state index in [1.54, 1.807) is 0 Å². The summed E-state index contributed by atoms with van der Waals surface area (Å²) in [5, 5.41) is 6.97. The van der Waals surface area contributed by atoms with E-state index >= 15 is 0 Å². The number of hydrogen-bond acceptors (Lipinski definition) is 2. The Morgan fingerprint density at radius 3 is 2.50 bits per heavy atom. The molecule has 1 rings (SSSR count). The smallest absolute Gasteiger partial charge is 0.191 e. The molecule has 0 bridgehead atoms. The van der Waals surface area contributed by atoms with Crippen molar-refractivity contribution in [2.45, 2.75) is 59.4 Å². The zero-order chi connectivity index (χ0) is 14.8. The average Bonchev–Trinajstić information content (AvgIpc) is 2.41. The van der Waals surface area contributed by atoms with Crippen LogP contribution < -0.4 is 10.6 Å². The fraction of sp³-hybridized carbons (Fsp3) is 0.938. The third-order valence-electron chi connectivity index (χ3n) is 3.79. The fourth-order valence-corrected chi connectivity index (χ4v) is 2.57. The number of hydrogen-bond donors (Lipinski definition) is 2. The van der Waals surface area contributed by atoms with Crippen LogP contribution in [-0.2, 0) is 0 Å². The van der Waals surface area contributed by atoms with E-state index in [9.17, 15) is 0 Å². The summed E-state index contributed by atoms with van der Waals surface area (Å²) >= 11 is 0. The molecule has 0 aromatic carbocycles. The lowest BCUT2D eigenvalue weighted by Crippen LogP contribution is -2.48. The van der Waals surface area contributed by atoms with Gasteiger partial charge in [-0.15, -0.1) is 0 Å². The molecule has 0 atom stereocenters. The third kappa shape index (κ3) is 7.13. The van der Waals surface area contributed by atoms with Gasteiger partial charge in [-0.2, -0.15) is 0 Å². The SMILES string of the molecule is CCCN1CCC(NC(=NCCC(C)C)NCC)CC1. The van der Waals surface area contributed by atoms with Gasteiger partial charge in [-0.05, 0) is 45.1 Å². The molecule has 1 heterocycles. The van der Waals surface area contributed by atoms with Gasteiger partial charge in [-0.1, -0.05) is 20.8 Å². The van der Waals surface area contributed by atoms with Crippen molar-refractivity contribution in [1.82, 2.24) is 15.5 Å². The minimum absolute atomic E-state index is 0.583. The van der Waals surface area contributed by atoms with E-state index in [-0.39, 0.29) is 0 Å². The Balaban J connectivity index is 2.34. The molecule has 0 unspecified atom stereocenters. The zero-order valence-corrected chi connectivity index (χ0v) is 13.9. The van der Waals surface area contributed by atoms with Crippen molar-refractivity contribution in [2.75, 3.05) is 32.7 Å². The molecule has 20 heavy (non-hydrogen) atoms. The van der Waals surface area contributed by atoms with E-state index < -0.39 is 0 Å². The highest BCUT2D eigenvalue weighted by atomic mass is 15.2. The van der Waals surface area contributed by atoms with Gasteiger partial charge in [-0.25, -0.2) is 0 Å². The van der Waals surface area contributed by atoms with Gasteiger partial charge in [0.15, 0.2) is 5.96 Å². The second-order valence-corrected chi connectivity index (χ2v) is 6.20. The van der Waals surface area contributed by atoms with Crippen LogP contribution in [0.25, 0.3) is 0 Å². The lowest BCUT2D eigenvalue weighted by Gasteiger charge is -2.32. The maximum atomic E-state index is 4.68. The van der Waals surface area contributed by atoms with Gasteiger partial charge in [-0.3, -0.25) is 4.99 Å². The van der Waals surface area contributed by atoms with Crippen molar-refractivity contribution in [1.29, 1.82) is 0 Å². The van der Waals surface area contributed by atoms with Crippen molar-refractivity contribution < 1.29 is 0 Å². The molecular formula is C16H34N4. The number of likely N-dealkylation sites (tertiary alicyclic amines) is 1. The zero-order valence-electron chi connectivity index (χ0n) is 13.9. The second kappa shape index (κ2) is 10.0. The molecule has 1 fully saturated rings. The Morgan fingerprint density at radius 1 is 1.25 bits per heavy atom. The second-order valence-electron chi connectivity index (χ2n) is 6.20. The van der Waals surface area contributed by atoms with Gasteiger partial charge in [0.2, 0.25) is 0 Å². The molecule has 4 nitrogen and oxygen atoms in total. The van der Waals surface area contributed by atoms with Crippen molar-refractivity contribution in [3.8, 4) is 0 Å². The Morgan fingerprint density at radius 2 is 1.95 bits per heavy atom. The van der Waals surface area contributed by atoms with Crippen LogP contribution in [0.15, 0.2) is 4.99 Å². The lowest BCUT2D eigenvalue weighted by molar-refractivity contribution is 0.206. The number of rotatable bonds is 7. The highest BCUT2D eigenvalue weighted by molar-refractivity contribution is 5.80. The van der Waals surface area contributed by atoms with Crippen molar-refractivity contribution in [3.63, 3.8) is 0 Å². The Bertz CT molecular complexity index is 268. The van der Waals surface area contributed by atoms with Gasteiger partial charge < -0.3 is 15.5 Å². The molecule has 0 aromatic rings. The summed E-state index contributed by atoms with van der Waals surface area (Å²) in [4.78, 5) is 7.25. The maximum Gasteiger partial charge on any atom is 0.191 e. The van der Waals surface area contributed by atoms with Crippen molar-refractivity contribution in [2.24, 2.45) is 10.9 Å². The molecule has 0 saturated carbocycles. The highest BCUT2D eigenvalue weighted by Crippen LogP contribution is 2.10. The van der Waals surface area contributed by atoms with Crippen LogP contribution in [0.2, 0.25) is 0 Å². The summed E-state index contributed by atoms with van der Waals surface area (Å²) in [6.45, 7) is 14.4. The van der Waals surface area contributed by atoms with E-state index in [2.05, 4.69) is 48.2 Å². The Hall–Kier alpha value is -0.770. The van der Waals surface area contributed by atoms with Crippen LogP contribution in [-0.4, -0.2) is 49.6 Å². The fourth-order valence-electron chi connectivity index (χ4n) is 2.57. The highest BCUT2D eigenvalue weighted by Gasteiger charge is 2.19. The van der Waals surface area contributed by atoms with E-state index in [0.29, 0.717) is 6.04 Å². The molecular weight excluding hydrogens is 248 g/mol. The molecule has 1 saturated heterocycles. The summed E-state index contributed by atoms with van der Waals surface area (Å²) in [6.07, 6.45) is 4.88. The van der Waals surface area contributed by atoms with Crippen LogP contribution >= 0.6 is 0 Å². The molecule has 0 radical (unpaired) electrons. The topological polar surface area (TPSA) is 39.7 Å². The predicted octanol–water partition coefficient (Wildman–Crippen LogP) is 2.46. The van der Waals surface area contributed by atoms with Gasteiger partial charge >= 0.3 is 0 Å². The molecule has 1 aliphatic rings. The predicted molar refractivity (Wildman–Crippen MR) is 88.3 cm³/mol. The number of nitrogens with zero attached hydrogens (tertiary/aromatic N) is 2. The molecule has 4 heteroatoms. The van der Waals surface area contributed by atoms with Crippen LogP contribution in [0.3, 0.4) is 0 Å². The van der Waals surface area contributed by atoms with Gasteiger partial charge in [0.05, 0.1) is 0 Å². The first kappa shape index (κ1) is 17.3. The molecule has 2 N–H and O–H groups in total. The van der Waals surface area contributed by atoms with E-state index in [4.69, 9.17) is 0 Å². The first-order valence-corrected chi connectivity index (χ1v) is 8.42. The number of piperidine rings is 1. The summed E-state index contributed by atoms with van der Waals surface area (Å²) < 4.78 is 0. The Labute approximate surface area is 125 Å². The summed E-state index contributed by atoms with van der Waals surface area (Å²) in [6, 6.07) is 0.583. The van der Waals surface area contributed by atoms with Crippen LogP contribution in [0.1, 0.15) is 53.4 Å². The van der Waals surface area contributed by atoms with Crippen LogP contribution in [0.5, 0.6) is 0 Å². The maximum absolute atomic E-state index is 4.68. The molecule has 0 aromatic heterocycles. The third-order valence-corrected chi connectivity index (χ3v) is 3.79. The van der Waals surface area contributed by atoms with Crippen molar-refractivity contribution >= 4 is 5.96 Å². The van der Waals surface area contributed by atoms with Crippen molar-refractivity contribution in [3.05, 3.63) is 0 Å². The summed E-state index contributed by atoms with van der Waals surface area (Å²) in [7, 11) is 0. The van der Waals surface area contributed by atoms with E-state index in [1.165, 1.54) is 38.9 Å². The number of guanidine groups is 1. The first-order chi connectivity index (χ1) is 9.65. The molecule has 0 amide bonds. The quantitative estimate of drug-likeness (QED) is 0.556. The molecule has 1 aliphatic heterocycles. The van der Waals surface area contributed by atoms with Crippen LogP contribution in [0, 0.1) is 5.92 Å².